The van der Waals surface area contributed by atoms with E-state index in [-0.39, 0.29) is 11.7 Å². The number of ether oxygens (including phenoxy) is 2. The van der Waals surface area contributed by atoms with Gasteiger partial charge in [-0.2, -0.15) is 0 Å². The second-order valence-corrected chi connectivity index (χ2v) is 10.1. The first-order valence-corrected chi connectivity index (χ1v) is 13.1. The molecule has 2 heterocycles. The molecule has 5 rings (SSSR count). The Balaban J connectivity index is 1.37. The van der Waals surface area contributed by atoms with Crippen molar-refractivity contribution < 1.29 is 18.8 Å². The summed E-state index contributed by atoms with van der Waals surface area (Å²) in [6.45, 7) is 11.2. The van der Waals surface area contributed by atoms with Gasteiger partial charge in [-0.25, -0.2) is 0 Å². The van der Waals surface area contributed by atoms with E-state index >= 15 is 0 Å². The number of nitro benzene ring substituents is 1. The Morgan fingerprint density at radius 3 is 2.42 bits per heavy atom. The van der Waals surface area contributed by atoms with Crippen LogP contribution in [0, 0.1) is 37.8 Å². The number of nitrogens with zero attached hydrogens (tertiary/aromatic N) is 2. The van der Waals surface area contributed by atoms with Crippen LogP contribution in [0.1, 0.15) is 46.4 Å². The maximum absolute atomic E-state index is 10.9. The molecule has 7 nitrogen and oxygen atoms in total. The molecule has 1 aliphatic heterocycles. The van der Waals surface area contributed by atoms with E-state index in [4.69, 9.17) is 13.9 Å². The van der Waals surface area contributed by atoms with Crippen LogP contribution in [0.2, 0.25) is 0 Å². The van der Waals surface area contributed by atoms with E-state index < -0.39 is 4.92 Å². The zero-order valence-corrected chi connectivity index (χ0v) is 22.5. The van der Waals surface area contributed by atoms with Gasteiger partial charge in [0.25, 0.3) is 5.69 Å². The summed E-state index contributed by atoms with van der Waals surface area (Å²) >= 11 is 0. The molecule has 7 heteroatoms. The van der Waals surface area contributed by atoms with Crippen molar-refractivity contribution in [3.63, 3.8) is 0 Å². The number of hydrogen-bond acceptors (Lipinski definition) is 6. The van der Waals surface area contributed by atoms with E-state index in [1.807, 2.05) is 25.1 Å². The Morgan fingerprint density at radius 2 is 1.71 bits per heavy atom. The molecule has 38 heavy (non-hydrogen) atoms. The van der Waals surface area contributed by atoms with Crippen LogP contribution in [0.4, 0.5) is 5.69 Å². The molecule has 1 aromatic heterocycles. The maximum Gasteiger partial charge on any atom is 0.269 e. The normalized spacial score (nSPS) is 15.7. The molecule has 0 bridgehead atoms. The molecular formula is C31H34N2O5. The van der Waals surface area contributed by atoms with Gasteiger partial charge in [0, 0.05) is 41.2 Å². The third-order valence-corrected chi connectivity index (χ3v) is 7.74. The second kappa shape index (κ2) is 10.9. The number of benzene rings is 3. The number of furan rings is 1. The van der Waals surface area contributed by atoms with Crippen molar-refractivity contribution in [3.8, 4) is 11.5 Å². The number of likely N-dealkylation sites (tertiary alicyclic amines) is 1. The molecular weight excluding hydrogens is 480 g/mol. The van der Waals surface area contributed by atoms with Crippen LogP contribution in [0.3, 0.4) is 0 Å². The van der Waals surface area contributed by atoms with Gasteiger partial charge in [-0.05, 0) is 75.9 Å². The van der Waals surface area contributed by atoms with Crippen molar-refractivity contribution in [3.05, 3.63) is 98.3 Å². The van der Waals surface area contributed by atoms with Crippen LogP contribution in [0.5, 0.6) is 11.5 Å². The van der Waals surface area contributed by atoms with Gasteiger partial charge >= 0.3 is 0 Å². The van der Waals surface area contributed by atoms with Crippen LogP contribution >= 0.6 is 0 Å². The van der Waals surface area contributed by atoms with Crippen molar-refractivity contribution >= 4 is 16.7 Å². The zero-order chi connectivity index (χ0) is 26.8. The van der Waals surface area contributed by atoms with Crippen LogP contribution in [-0.4, -0.2) is 29.0 Å². The van der Waals surface area contributed by atoms with E-state index in [1.165, 1.54) is 17.7 Å². The first-order chi connectivity index (χ1) is 18.3. The zero-order valence-electron chi connectivity index (χ0n) is 22.5. The molecule has 3 aromatic carbocycles. The lowest BCUT2D eigenvalue weighted by Crippen LogP contribution is -2.33. The largest absolute Gasteiger partial charge is 0.492 e. The molecule has 0 amide bonds. The van der Waals surface area contributed by atoms with E-state index in [0.717, 1.165) is 70.7 Å². The average molecular weight is 515 g/mol. The summed E-state index contributed by atoms with van der Waals surface area (Å²) in [5.74, 6) is 2.52. The first-order valence-electron chi connectivity index (χ1n) is 13.1. The van der Waals surface area contributed by atoms with Crippen LogP contribution in [0.15, 0.2) is 59.0 Å². The second-order valence-electron chi connectivity index (χ2n) is 10.1. The minimum absolute atomic E-state index is 0.0650. The summed E-state index contributed by atoms with van der Waals surface area (Å²) in [4.78, 5) is 13.0. The molecule has 198 valence electrons. The van der Waals surface area contributed by atoms with Gasteiger partial charge in [0.05, 0.1) is 4.92 Å². The summed E-state index contributed by atoms with van der Waals surface area (Å²) in [6.07, 6.45) is 2.15. The molecule has 0 unspecified atom stereocenters. The van der Waals surface area contributed by atoms with Crippen molar-refractivity contribution in [1.82, 2.24) is 4.90 Å². The molecule has 1 atom stereocenters. The standard InChI is InChI=1S/C31H34N2O5/c1-20-21(2)31-29(22(3)30(20)37-18-24-9-6-5-7-10-24)28(23(4)38-31)17-32-16-8-11-26(32)19-36-27-14-12-25(13-15-27)33(34)35/h5-7,9-10,12-15,26H,8,11,16-19H2,1-4H3/t26-/m0/s1. The average Bonchev–Trinajstić information content (AvgIpc) is 3.51. The van der Waals surface area contributed by atoms with Crippen molar-refractivity contribution in [2.45, 2.75) is 59.7 Å². The third-order valence-electron chi connectivity index (χ3n) is 7.74. The fourth-order valence-electron chi connectivity index (χ4n) is 5.46. The molecule has 1 saturated heterocycles. The maximum atomic E-state index is 10.9. The van der Waals surface area contributed by atoms with Gasteiger partial charge in [-0.3, -0.25) is 15.0 Å². The Labute approximate surface area is 223 Å². The van der Waals surface area contributed by atoms with E-state index in [1.54, 1.807) is 12.1 Å². The first kappa shape index (κ1) is 25.8. The molecule has 0 saturated carbocycles. The lowest BCUT2D eigenvalue weighted by Gasteiger charge is -2.25. The molecule has 1 fully saturated rings. The van der Waals surface area contributed by atoms with Gasteiger partial charge in [0.15, 0.2) is 0 Å². The molecule has 4 aromatic rings. The van der Waals surface area contributed by atoms with Gasteiger partial charge in [0.2, 0.25) is 0 Å². The number of hydrogen-bond donors (Lipinski definition) is 0. The van der Waals surface area contributed by atoms with Crippen LogP contribution < -0.4 is 9.47 Å². The lowest BCUT2D eigenvalue weighted by molar-refractivity contribution is -0.384. The highest BCUT2D eigenvalue weighted by Gasteiger charge is 2.29. The molecule has 0 radical (unpaired) electrons. The summed E-state index contributed by atoms with van der Waals surface area (Å²) in [6, 6.07) is 16.8. The minimum atomic E-state index is -0.399. The van der Waals surface area contributed by atoms with Crippen molar-refractivity contribution in [2.24, 2.45) is 0 Å². The Bertz CT molecular complexity index is 1440. The van der Waals surface area contributed by atoms with E-state index in [2.05, 4.69) is 37.8 Å². The number of rotatable bonds is 9. The van der Waals surface area contributed by atoms with Crippen LogP contribution in [-0.2, 0) is 13.2 Å². The summed E-state index contributed by atoms with van der Waals surface area (Å²) in [5.41, 5.74) is 6.69. The monoisotopic (exact) mass is 514 g/mol. The highest BCUT2D eigenvalue weighted by atomic mass is 16.6. The highest BCUT2D eigenvalue weighted by molar-refractivity contribution is 5.91. The number of fused-ring (bicyclic) bond motifs is 1. The highest BCUT2D eigenvalue weighted by Crippen LogP contribution is 2.40. The number of aryl methyl sites for hydroxylation is 3. The van der Waals surface area contributed by atoms with Gasteiger partial charge in [0.1, 0.15) is 36.1 Å². The van der Waals surface area contributed by atoms with Crippen molar-refractivity contribution in [1.29, 1.82) is 0 Å². The number of nitro groups is 1. The Hall–Kier alpha value is -3.84. The molecule has 1 aliphatic rings. The quantitative estimate of drug-likeness (QED) is 0.174. The fourth-order valence-corrected chi connectivity index (χ4v) is 5.46. The van der Waals surface area contributed by atoms with Gasteiger partial charge in [-0.15, -0.1) is 0 Å². The fraction of sp³-hybridized carbons (Fsp3) is 0.355. The van der Waals surface area contributed by atoms with E-state index in [9.17, 15) is 10.1 Å². The predicted octanol–water partition coefficient (Wildman–Crippen LogP) is 7.20. The summed E-state index contributed by atoms with van der Waals surface area (Å²) in [7, 11) is 0. The lowest BCUT2D eigenvalue weighted by atomic mass is 9.97. The predicted molar refractivity (Wildman–Crippen MR) is 148 cm³/mol. The topological polar surface area (TPSA) is 78.0 Å². The number of non-ortho nitro benzene ring substituents is 1. The summed E-state index contributed by atoms with van der Waals surface area (Å²) < 4.78 is 18.8. The van der Waals surface area contributed by atoms with Crippen molar-refractivity contribution in [2.75, 3.05) is 13.2 Å². The van der Waals surface area contributed by atoms with Gasteiger partial charge < -0.3 is 13.9 Å². The summed E-state index contributed by atoms with van der Waals surface area (Å²) in [5, 5.41) is 12.1. The third kappa shape index (κ3) is 5.11. The minimum Gasteiger partial charge on any atom is -0.492 e. The van der Waals surface area contributed by atoms with Gasteiger partial charge in [-0.1, -0.05) is 30.3 Å². The molecule has 0 aliphatic carbocycles. The van der Waals surface area contributed by atoms with E-state index in [0.29, 0.717) is 19.0 Å². The Morgan fingerprint density at radius 1 is 0.974 bits per heavy atom. The van der Waals surface area contributed by atoms with Crippen LogP contribution in [0.25, 0.3) is 11.0 Å². The smallest absolute Gasteiger partial charge is 0.269 e. The Kier molecular flexibility index (Phi) is 7.38. The molecule has 0 spiro atoms. The SMILES string of the molecule is Cc1oc2c(C)c(C)c(OCc3ccccc3)c(C)c2c1CN1CCC[C@H]1COc1ccc([N+](=O)[O-])cc1. The molecule has 0 N–H and O–H groups in total.